The van der Waals surface area contributed by atoms with Crippen LogP contribution in [0, 0.1) is 0 Å². The number of aromatic nitrogens is 2. The van der Waals surface area contributed by atoms with Gasteiger partial charge in [-0.15, -0.1) is 0 Å². The van der Waals surface area contributed by atoms with E-state index in [1.807, 2.05) is 6.07 Å². The molecule has 0 aliphatic heterocycles. The van der Waals surface area contributed by atoms with Crippen molar-refractivity contribution in [2.45, 2.75) is 12.7 Å². The van der Waals surface area contributed by atoms with Gasteiger partial charge in [0.15, 0.2) is 0 Å². The van der Waals surface area contributed by atoms with E-state index in [1.54, 1.807) is 41.3 Å². The molecule has 0 radical (unpaired) electrons. The van der Waals surface area contributed by atoms with Gasteiger partial charge < -0.3 is 5.32 Å². The lowest BCUT2D eigenvalue weighted by Crippen LogP contribution is -2.18. The SMILES string of the molecule is O=C(Nc1cccc(Cn2cccn2)c1)c1ccccc1C(F)(F)F. The summed E-state index contributed by atoms with van der Waals surface area (Å²) in [4.78, 5) is 12.3. The molecular weight excluding hydrogens is 331 g/mol. The molecule has 0 unspecified atom stereocenters. The average Bonchev–Trinajstić information content (AvgIpc) is 3.07. The van der Waals surface area contributed by atoms with E-state index in [0.717, 1.165) is 17.7 Å². The van der Waals surface area contributed by atoms with Crippen molar-refractivity contribution in [2.24, 2.45) is 0 Å². The molecule has 0 aliphatic rings. The van der Waals surface area contributed by atoms with Gasteiger partial charge in [-0.25, -0.2) is 0 Å². The van der Waals surface area contributed by atoms with E-state index in [4.69, 9.17) is 0 Å². The molecule has 1 aromatic heterocycles. The Morgan fingerprint density at radius 2 is 1.88 bits per heavy atom. The van der Waals surface area contributed by atoms with Gasteiger partial charge in [-0.3, -0.25) is 9.48 Å². The summed E-state index contributed by atoms with van der Waals surface area (Å²) in [5, 5.41) is 6.61. The molecule has 128 valence electrons. The smallest absolute Gasteiger partial charge is 0.322 e. The van der Waals surface area contributed by atoms with Gasteiger partial charge in [0, 0.05) is 18.1 Å². The van der Waals surface area contributed by atoms with Crippen LogP contribution in [0.25, 0.3) is 0 Å². The van der Waals surface area contributed by atoms with Crippen molar-refractivity contribution in [1.29, 1.82) is 0 Å². The molecule has 1 amide bonds. The molecule has 3 aromatic rings. The fraction of sp³-hybridized carbons (Fsp3) is 0.111. The van der Waals surface area contributed by atoms with Crippen LogP contribution in [0.15, 0.2) is 67.0 Å². The Labute approximate surface area is 141 Å². The Kier molecular flexibility index (Phi) is 4.56. The number of hydrogen-bond acceptors (Lipinski definition) is 2. The number of amides is 1. The van der Waals surface area contributed by atoms with E-state index >= 15 is 0 Å². The number of hydrogen-bond donors (Lipinski definition) is 1. The first-order chi connectivity index (χ1) is 11.9. The molecule has 0 atom stereocenters. The third kappa shape index (κ3) is 4.06. The molecule has 0 saturated carbocycles. The van der Waals surface area contributed by atoms with Crippen LogP contribution in [0.1, 0.15) is 21.5 Å². The summed E-state index contributed by atoms with van der Waals surface area (Å²) in [5.74, 6) is -0.802. The van der Waals surface area contributed by atoms with Crippen LogP contribution < -0.4 is 5.32 Å². The summed E-state index contributed by atoms with van der Waals surface area (Å²) in [6.07, 6.45) is -1.14. The Morgan fingerprint density at radius 1 is 1.08 bits per heavy atom. The predicted octanol–water partition coefficient (Wildman–Crippen LogP) is 4.20. The van der Waals surface area contributed by atoms with Crippen molar-refractivity contribution in [3.63, 3.8) is 0 Å². The number of nitrogens with one attached hydrogen (secondary N) is 1. The summed E-state index contributed by atoms with van der Waals surface area (Å²) >= 11 is 0. The molecule has 1 N–H and O–H groups in total. The lowest BCUT2D eigenvalue weighted by Gasteiger charge is -2.13. The van der Waals surface area contributed by atoms with Crippen LogP contribution in [0.3, 0.4) is 0 Å². The van der Waals surface area contributed by atoms with Gasteiger partial charge in [-0.1, -0.05) is 24.3 Å². The van der Waals surface area contributed by atoms with Crippen LogP contribution in [-0.4, -0.2) is 15.7 Å². The highest BCUT2D eigenvalue weighted by Crippen LogP contribution is 2.32. The molecule has 0 aliphatic carbocycles. The first-order valence-electron chi connectivity index (χ1n) is 7.47. The molecule has 7 heteroatoms. The predicted molar refractivity (Wildman–Crippen MR) is 87.2 cm³/mol. The summed E-state index contributed by atoms with van der Waals surface area (Å²) in [7, 11) is 0. The van der Waals surface area contributed by atoms with Gasteiger partial charge >= 0.3 is 6.18 Å². The third-order valence-corrected chi connectivity index (χ3v) is 3.57. The zero-order chi connectivity index (χ0) is 17.9. The van der Waals surface area contributed by atoms with Gasteiger partial charge in [0.1, 0.15) is 0 Å². The van der Waals surface area contributed by atoms with E-state index in [0.29, 0.717) is 12.2 Å². The van der Waals surface area contributed by atoms with Gasteiger partial charge in [-0.05, 0) is 35.9 Å². The Morgan fingerprint density at radius 3 is 2.60 bits per heavy atom. The number of benzene rings is 2. The fourth-order valence-electron chi connectivity index (χ4n) is 2.46. The molecule has 3 rings (SSSR count). The molecule has 0 spiro atoms. The van der Waals surface area contributed by atoms with E-state index < -0.39 is 23.2 Å². The minimum atomic E-state index is -4.59. The maximum Gasteiger partial charge on any atom is 0.417 e. The normalized spacial score (nSPS) is 11.3. The van der Waals surface area contributed by atoms with Crippen LogP contribution >= 0.6 is 0 Å². The second-order valence-electron chi connectivity index (χ2n) is 5.40. The lowest BCUT2D eigenvalue weighted by molar-refractivity contribution is -0.137. The van der Waals surface area contributed by atoms with E-state index in [2.05, 4.69) is 10.4 Å². The maximum absolute atomic E-state index is 13.0. The topological polar surface area (TPSA) is 46.9 Å². The number of anilines is 1. The number of halogens is 3. The largest absolute Gasteiger partial charge is 0.417 e. The van der Waals surface area contributed by atoms with Crippen molar-refractivity contribution in [3.8, 4) is 0 Å². The molecule has 0 bridgehead atoms. The molecule has 4 nitrogen and oxygen atoms in total. The van der Waals surface area contributed by atoms with Crippen LogP contribution in [0.5, 0.6) is 0 Å². The molecular formula is C18H14F3N3O. The fourth-order valence-corrected chi connectivity index (χ4v) is 2.46. The highest BCUT2D eigenvalue weighted by atomic mass is 19.4. The third-order valence-electron chi connectivity index (χ3n) is 3.57. The first kappa shape index (κ1) is 16.8. The summed E-state index contributed by atoms with van der Waals surface area (Å²) in [5.41, 5.74) is -0.0788. The number of carbonyl (C=O) groups excluding carboxylic acids is 1. The minimum Gasteiger partial charge on any atom is -0.322 e. The van der Waals surface area contributed by atoms with Gasteiger partial charge in [0.25, 0.3) is 5.91 Å². The second-order valence-corrected chi connectivity index (χ2v) is 5.40. The van der Waals surface area contributed by atoms with Gasteiger partial charge in [0.2, 0.25) is 0 Å². The first-order valence-corrected chi connectivity index (χ1v) is 7.47. The molecule has 0 saturated heterocycles. The molecule has 0 fully saturated rings. The maximum atomic E-state index is 13.0. The van der Waals surface area contributed by atoms with Crippen molar-refractivity contribution in [3.05, 3.63) is 83.7 Å². The van der Waals surface area contributed by atoms with Crippen molar-refractivity contribution in [2.75, 3.05) is 5.32 Å². The Hall–Kier alpha value is -3.09. The van der Waals surface area contributed by atoms with Crippen molar-refractivity contribution >= 4 is 11.6 Å². The second kappa shape index (κ2) is 6.80. The van der Waals surface area contributed by atoms with Crippen molar-refractivity contribution in [1.82, 2.24) is 9.78 Å². The summed E-state index contributed by atoms with van der Waals surface area (Å²) in [6.45, 7) is 0.496. The summed E-state index contributed by atoms with van der Waals surface area (Å²) < 4.78 is 40.8. The van der Waals surface area contributed by atoms with E-state index in [9.17, 15) is 18.0 Å². The van der Waals surface area contributed by atoms with E-state index in [1.165, 1.54) is 12.1 Å². The van der Waals surface area contributed by atoms with Crippen LogP contribution in [0.4, 0.5) is 18.9 Å². The number of nitrogens with zero attached hydrogens (tertiary/aromatic N) is 2. The number of alkyl halides is 3. The van der Waals surface area contributed by atoms with Gasteiger partial charge in [-0.2, -0.15) is 18.3 Å². The Bertz CT molecular complexity index is 873. The monoisotopic (exact) mass is 345 g/mol. The number of carbonyl (C=O) groups is 1. The number of rotatable bonds is 4. The standard InChI is InChI=1S/C18H14F3N3O/c19-18(20,21)16-8-2-1-7-15(16)17(25)23-14-6-3-5-13(11-14)12-24-10-4-9-22-24/h1-11H,12H2,(H,23,25). The van der Waals surface area contributed by atoms with Crippen molar-refractivity contribution < 1.29 is 18.0 Å². The zero-order valence-electron chi connectivity index (χ0n) is 13.0. The minimum absolute atomic E-state index is 0.410. The Balaban J connectivity index is 1.80. The quantitative estimate of drug-likeness (QED) is 0.770. The molecule has 1 heterocycles. The van der Waals surface area contributed by atoms with Crippen LogP contribution in [-0.2, 0) is 12.7 Å². The van der Waals surface area contributed by atoms with Gasteiger partial charge in [0.05, 0.1) is 17.7 Å². The average molecular weight is 345 g/mol. The lowest BCUT2D eigenvalue weighted by atomic mass is 10.1. The highest BCUT2D eigenvalue weighted by Gasteiger charge is 2.34. The van der Waals surface area contributed by atoms with E-state index in [-0.39, 0.29) is 0 Å². The van der Waals surface area contributed by atoms with Crippen LogP contribution in [0.2, 0.25) is 0 Å². The highest BCUT2D eigenvalue weighted by molar-refractivity contribution is 6.05. The zero-order valence-corrected chi connectivity index (χ0v) is 13.0. The summed E-state index contributed by atoms with van der Waals surface area (Å²) in [6, 6.07) is 13.4. The molecule has 25 heavy (non-hydrogen) atoms. The molecule has 2 aromatic carbocycles.